The van der Waals surface area contributed by atoms with E-state index in [1.54, 1.807) is 38.1 Å². The van der Waals surface area contributed by atoms with Gasteiger partial charge in [-0.1, -0.05) is 12.1 Å². The lowest BCUT2D eigenvalue weighted by Crippen LogP contribution is -2.71. The van der Waals surface area contributed by atoms with Crippen LogP contribution >= 0.6 is 11.8 Å². The van der Waals surface area contributed by atoms with Crippen LogP contribution in [-0.4, -0.2) is 60.8 Å². The molecule has 8 heteroatoms. The molecule has 3 aliphatic heterocycles. The molecule has 1 N–H and O–H groups in total. The standard InChI is InChI=1S/C16H14N2O5S/c1-16(2)10(15(22)23)18-13(21)9(14(18)24-16)17-11(19)7-5-3-4-6-8(7)12(17)20/h3-6,9-10,14H,1-2H3,(H,22,23). The lowest BCUT2D eigenvalue weighted by molar-refractivity contribution is -0.162. The van der Waals surface area contributed by atoms with Crippen molar-refractivity contribution in [2.24, 2.45) is 0 Å². The first-order chi connectivity index (χ1) is 11.3. The highest BCUT2D eigenvalue weighted by atomic mass is 32.2. The normalized spacial score (nSPS) is 30.2. The van der Waals surface area contributed by atoms with Crippen LogP contribution in [0.5, 0.6) is 0 Å². The van der Waals surface area contributed by atoms with Crippen molar-refractivity contribution in [3.8, 4) is 0 Å². The second-order valence-corrected chi connectivity index (χ2v) is 8.34. The molecule has 3 aliphatic rings. The average Bonchev–Trinajstić information content (AvgIpc) is 2.92. The third-order valence-electron chi connectivity index (χ3n) is 4.75. The molecule has 7 nitrogen and oxygen atoms in total. The molecular weight excluding hydrogens is 332 g/mol. The molecule has 0 bridgehead atoms. The van der Waals surface area contributed by atoms with E-state index in [4.69, 9.17) is 0 Å². The number of aliphatic carboxylic acids is 1. The van der Waals surface area contributed by atoms with Crippen molar-refractivity contribution in [2.45, 2.75) is 36.1 Å². The van der Waals surface area contributed by atoms with Gasteiger partial charge < -0.3 is 10.0 Å². The maximum atomic E-state index is 12.6. The van der Waals surface area contributed by atoms with Crippen molar-refractivity contribution >= 4 is 35.5 Å². The van der Waals surface area contributed by atoms with Crippen LogP contribution in [0.15, 0.2) is 24.3 Å². The van der Waals surface area contributed by atoms with Crippen LogP contribution in [-0.2, 0) is 9.59 Å². The molecule has 3 atom stereocenters. The summed E-state index contributed by atoms with van der Waals surface area (Å²) in [5.41, 5.74) is 0.566. The van der Waals surface area contributed by atoms with Crippen LogP contribution in [0.25, 0.3) is 0 Å². The van der Waals surface area contributed by atoms with Gasteiger partial charge in [-0.05, 0) is 26.0 Å². The van der Waals surface area contributed by atoms with Gasteiger partial charge in [0.05, 0.1) is 11.1 Å². The zero-order chi connectivity index (χ0) is 17.4. The molecule has 1 aromatic rings. The Kier molecular flexibility index (Phi) is 2.91. The van der Waals surface area contributed by atoms with E-state index in [-0.39, 0.29) is 11.1 Å². The fourth-order valence-electron chi connectivity index (χ4n) is 3.69. The highest BCUT2D eigenvalue weighted by Crippen LogP contribution is 2.52. The van der Waals surface area contributed by atoms with Gasteiger partial charge in [0.1, 0.15) is 17.5 Å². The number of imide groups is 1. The van der Waals surface area contributed by atoms with E-state index in [1.807, 2.05) is 0 Å². The molecule has 124 valence electrons. The summed E-state index contributed by atoms with van der Waals surface area (Å²) >= 11 is 1.31. The number of hydrogen-bond donors (Lipinski definition) is 1. The summed E-state index contributed by atoms with van der Waals surface area (Å²) in [5, 5.41) is 8.91. The molecule has 2 fully saturated rings. The van der Waals surface area contributed by atoms with Crippen molar-refractivity contribution in [3.63, 3.8) is 0 Å². The van der Waals surface area contributed by atoms with E-state index in [0.717, 1.165) is 4.90 Å². The van der Waals surface area contributed by atoms with E-state index >= 15 is 0 Å². The minimum absolute atomic E-state index is 0.283. The number of hydrogen-bond acceptors (Lipinski definition) is 5. The molecule has 3 unspecified atom stereocenters. The van der Waals surface area contributed by atoms with E-state index in [0.29, 0.717) is 0 Å². The number of carbonyl (C=O) groups excluding carboxylic acids is 3. The second kappa shape index (κ2) is 4.60. The lowest BCUT2D eigenvalue weighted by atomic mass is 9.95. The van der Waals surface area contributed by atoms with E-state index in [1.165, 1.54) is 16.7 Å². The highest BCUT2D eigenvalue weighted by molar-refractivity contribution is 8.01. The Morgan fingerprint density at radius 2 is 1.67 bits per heavy atom. The number of nitrogens with zero attached hydrogens (tertiary/aromatic N) is 2. The first kappa shape index (κ1) is 15.2. The molecule has 4 rings (SSSR count). The Balaban J connectivity index is 1.69. The minimum Gasteiger partial charge on any atom is -0.480 e. The first-order valence-electron chi connectivity index (χ1n) is 7.45. The third kappa shape index (κ3) is 1.69. The van der Waals surface area contributed by atoms with E-state index in [2.05, 4.69) is 0 Å². The SMILES string of the molecule is CC1(C)SC2C(N3C(=O)c4ccccc4C3=O)C(=O)N2C1C(=O)O. The molecule has 3 heterocycles. The number of thioether (sulfide) groups is 1. The molecule has 0 aliphatic carbocycles. The van der Waals surface area contributed by atoms with Gasteiger partial charge in [0.15, 0.2) is 0 Å². The molecule has 3 amide bonds. The summed E-state index contributed by atoms with van der Waals surface area (Å²) in [6.07, 6.45) is 0. The number of rotatable bonds is 2. The molecule has 1 aromatic carbocycles. The van der Waals surface area contributed by atoms with Gasteiger partial charge in [0.25, 0.3) is 17.7 Å². The summed E-state index contributed by atoms with van der Waals surface area (Å²) in [6.45, 7) is 3.50. The van der Waals surface area contributed by atoms with Crippen molar-refractivity contribution in [2.75, 3.05) is 0 Å². The maximum Gasteiger partial charge on any atom is 0.327 e. The molecule has 0 aromatic heterocycles. The van der Waals surface area contributed by atoms with Crippen LogP contribution in [0.4, 0.5) is 0 Å². The number of carbonyl (C=O) groups is 4. The quantitative estimate of drug-likeness (QED) is 0.629. The summed E-state index contributed by atoms with van der Waals surface area (Å²) in [4.78, 5) is 51.5. The second-order valence-electron chi connectivity index (χ2n) is 6.57. The van der Waals surface area contributed by atoms with Crippen molar-refractivity contribution in [3.05, 3.63) is 35.4 Å². The van der Waals surface area contributed by atoms with Gasteiger partial charge in [0.2, 0.25) is 0 Å². The molecule has 24 heavy (non-hydrogen) atoms. The number of fused-ring (bicyclic) bond motifs is 2. The summed E-state index contributed by atoms with van der Waals surface area (Å²) in [7, 11) is 0. The van der Waals surface area contributed by atoms with Crippen molar-refractivity contribution < 1.29 is 24.3 Å². The Morgan fingerprint density at radius 3 is 2.17 bits per heavy atom. The third-order valence-corrected chi connectivity index (χ3v) is 6.31. The molecule has 2 saturated heterocycles. The van der Waals surface area contributed by atoms with Crippen molar-refractivity contribution in [1.29, 1.82) is 0 Å². The zero-order valence-corrected chi connectivity index (χ0v) is 13.7. The smallest absolute Gasteiger partial charge is 0.327 e. The average molecular weight is 346 g/mol. The van der Waals surface area contributed by atoms with Crippen LogP contribution in [0.2, 0.25) is 0 Å². The van der Waals surface area contributed by atoms with E-state index in [9.17, 15) is 24.3 Å². The van der Waals surface area contributed by atoms with Gasteiger partial charge >= 0.3 is 5.97 Å². The van der Waals surface area contributed by atoms with Gasteiger partial charge in [-0.2, -0.15) is 0 Å². The predicted molar refractivity (Wildman–Crippen MR) is 84.5 cm³/mol. The fraction of sp³-hybridized carbons (Fsp3) is 0.375. The maximum absolute atomic E-state index is 12.6. The Labute approximate surface area is 141 Å². The number of carboxylic acids is 1. The Bertz CT molecular complexity index is 785. The van der Waals surface area contributed by atoms with Crippen molar-refractivity contribution in [1.82, 2.24) is 9.80 Å². The molecule has 0 radical (unpaired) electrons. The Morgan fingerprint density at radius 1 is 1.12 bits per heavy atom. The predicted octanol–water partition coefficient (Wildman–Crippen LogP) is 0.798. The number of amides is 3. The highest BCUT2D eigenvalue weighted by Gasteiger charge is 2.67. The molecular formula is C16H14N2O5S. The van der Waals surface area contributed by atoms with Crippen LogP contribution < -0.4 is 0 Å². The topological polar surface area (TPSA) is 95.0 Å². The van der Waals surface area contributed by atoms with Gasteiger partial charge in [-0.15, -0.1) is 11.8 Å². The number of benzene rings is 1. The lowest BCUT2D eigenvalue weighted by Gasteiger charge is -2.46. The molecule has 0 saturated carbocycles. The minimum atomic E-state index is -1.08. The number of β-lactam (4-membered cyclic amide) rings is 1. The van der Waals surface area contributed by atoms with Gasteiger partial charge in [-0.25, -0.2) is 4.79 Å². The summed E-state index contributed by atoms with van der Waals surface area (Å²) in [5.74, 6) is -2.55. The van der Waals surface area contributed by atoms with Crippen LogP contribution in [0.1, 0.15) is 34.6 Å². The first-order valence-corrected chi connectivity index (χ1v) is 8.33. The Hall–Kier alpha value is -2.35. The largest absolute Gasteiger partial charge is 0.480 e. The van der Waals surface area contributed by atoms with Crippen LogP contribution in [0.3, 0.4) is 0 Å². The monoisotopic (exact) mass is 346 g/mol. The molecule has 0 spiro atoms. The van der Waals surface area contributed by atoms with Gasteiger partial charge in [-0.3, -0.25) is 19.3 Å². The number of carboxylic acid groups (broad SMARTS) is 1. The fourth-order valence-corrected chi connectivity index (χ4v) is 5.36. The summed E-state index contributed by atoms with van der Waals surface area (Å²) in [6, 6.07) is 4.54. The van der Waals surface area contributed by atoms with Gasteiger partial charge in [0, 0.05) is 4.75 Å². The van der Waals surface area contributed by atoms with E-state index < -0.39 is 45.9 Å². The summed E-state index contributed by atoms with van der Waals surface area (Å²) < 4.78 is -0.695. The zero-order valence-electron chi connectivity index (χ0n) is 12.9. The van der Waals surface area contributed by atoms with Crippen LogP contribution in [0, 0.1) is 0 Å².